The molecule has 0 unspecified atom stereocenters. The molecule has 0 saturated heterocycles. The van der Waals surface area contributed by atoms with Crippen LogP contribution in [0.4, 0.5) is 5.69 Å². The van der Waals surface area contributed by atoms with Gasteiger partial charge in [0.1, 0.15) is 0 Å². The molecule has 2 aromatic carbocycles. The van der Waals surface area contributed by atoms with Crippen molar-refractivity contribution in [3.63, 3.8) is 0 Å². The summed E-state index contributed by atoms with van der Waals surface area (Å²) in [5.74, 6) is -0.507. The Kier molecular flexibility index (Phi) is 4.98. The molecule has 2 rings (SSSR count). The first kappa shape index (κ1) is 16.2. The molecule has 0 aliphatic carbocycles. The Balaban J connectivity index is 1.95. The summed E-state index contributed by atoms with van der Waals surface area (Å²) in [6.45, 7) is 3.85. The van der Waals surface area contributed by atoms with Crippen molar-refractivity contribution in [2.24, 2.45) is 0 Å². The molecule has 0 bridgehead atoms. The van der Waals surface area contributed by atoms with Crippen LogP contribution in [0.1, 0.15) is 17.5 Å². The number of sulfone groups is 1. The SMILES string of the molecule is Cc1ccc(NC(=O)CCS(=O)(=O)c2ccc(C)cc2)cc1. The minimum absolute atomic E-state index is 0.0654. The van der Waals surface area contributed by atoms with Gasteiger partial charge in [-0.05, 0) is 38.1 Å². The van der Waals surface area contributed by atoms with Crippen molar-refractivity contribution in [3.05, 3.63) is 59.7 Å². The highest BCUT2D eigenvalue weighted by atomic mass is 32.2. The number of nitrogens with one attached hydrogen (secondary N) is 1. The maximum atomic E-state index is 12.2. The normalized spacial score (nSPS) is 11.2. The van der Waals surface area contributed by atoms with Crippen LogP contribution in [-0.4, -0.2) is 20.1 Å². The van der Waals surface area contributed by atoms with Crippen molar-refractivity contribution in [2.45, 2.75) is 25.2 Å². The van der Waals surface area contributed by atoms with Crippen LogP contribution < -0.4 is 5.32 Å². The van der Waals surface area contributed by atoms with Gasteiger partial charge >= 0.3 is 0 Å². The molecule has 116 valence electrons. The van der Waals surface area contributed by atoms with Crippen LogP contribution in [0.15, 0.2) is 53.4 Å². The molecule has 0 atom stereocenters. The average molecular weight is 317 g/mol. The standard InChI is InChI=1S/C17H19NO3S/c1-13-3-7-15(8-4-13)18-17(19)11-12-22(20,21)16-9-5-14(2)6-10-16/h3-10H,11-12H2,1-2H3,(H,18,19). The fourth-order valence-electron chi connectivity index (χ4n) is 1.95. The monoisotopic (exact) mass is 317 g/mol. The summed E-state index contributed by atoms with van der Waals surface area (Å²) in [5, 5.41) is 2.70. The first-order chi connectivity index (χ1) is 10.4. The quantitative estimate of drug-likeness (QED) is 0.921. The molecule has 0 radical (unpaired) electrons. The number of rotatable bonds is 5. The van der Waals surface area contributed by atoms with Crippen LogP contribution in [0, 0.1) is 13.8 Å². The third kappa shape index (κ3) is 4.43. The smallest absolute Gasteiger partial charge is 0.225 e. The topological polar surface area (TPSA) is 63.2 Å². The number of carbonyl (C=O) groups is 1. The van der Waals surface area contributed by atoms with Gasteiger partial charge in [0.15, 0.2) is 9.84 Å². The number of benzene rings is 2. The number of aryl methyl sites for hydroxylation is 2. The summed E-state index contributed by atoms with van der Waals surface area (Å²) in [5.41, 5.74) is 2.76. The highest BCUT2D eigenvalue weighted by Gasteiger charge is 2.16. The highest BCUT2D eigenvalue weighted by molar-refractivity contribution is 7.91. The van der Waals surface area contributed by atoms with Gasteiger partial charge in [-0.3, -0.25) is 4.79 Å². The summed E-state index contributed by atoms with van der Waals surface area (Å²) >= 11 is 0. The van der Waals surface area contributed by atoms with Gasteiger partial charge in [0, 0.05) is 12.1 Å². The van der Waals surface area contributed by atoms with E-state index in [0.29, 0.717) is 5.69 Å². The molecule has 22 heavy (non-hydrogen) atoms. The first-order valence-corrected chi connectivity index (χ1v) is 8.68. The Morgan fingerprint density at radius 2 is 1.41 bits per heavy atom. The molecular weight excluding hydrogens is 298 g/mol. The van der Waals surface area contributed by atoms with Gasteiger partial charge in [-0.2, -0.15) is 0 Å². The second-order valence-electron chi connectivity index (χ2n) is 5.30. The molecule has 0 saturated carbocycles. The molecule has 1 amide bonds. The van der Waals surface area contributed by atoms with E-state index < -0.39 is 9.84 Å². The number of anilines is 1. The van der Waals surface area contributed by atoms with E-state index in [4.69, 9.17) is 0 Å². The Hall–Kier alpha value is -2.14. The molecular formula is C17H19NO3S. The summed E-state index contributed by atoms with van der Waals surface area (Å²) in [6.07, 6.45) is -0.0654. The van der Waals surface area contributed by atoms with Gasteiger partial charge < -0.3 is 5.32 Å². The number of carbonyl (C=O) groups excluding carboxylic acids is 1. The number of amides is 1. The van der Waals surface area contributed by atoms with E-state index in [1.54, 1.807) is 36.4 Å². The Morgan fingerprint density at radius 3 is 1.95 bits per heavy atom. The van der Waals surface area contributed by atoms with Crippen molar-refractivity contribution in [1.82, 2.24) is 0 Å². The van der Waals surface area contributed by atoms with Gasteiger partial charge in [0.05, 0.1) is 10.6 Å². The molecule has 0 aliphatic heterocycles. The number of hydrogen-bond donors (Lipinski definition) is 1. The third-order valence-corrected chi connectivity index (χ3v) is 5.05. The van der Waals surface area contributed by atoms with Gasteiger partial charge in [-0.1, -0.05) is 35.4 Å². The molecule has 4 nitrogen and oxygen atoms in total. The molecule has 0 aliphatic rings. The molecule has 0 spiro atoms. The number of hydrogen-bond acceptors (Lipinski definition) is 3. The van der Waals surface area contributed by atoms with Gasteiger partial charge in [-0.15, -0.1) is 0 Å². The fraction of sp³-hybridized carbons (Fsp3) is 0.235. The van der Waals surface area contributed by atoms with E-state index in [2.05, 4.69) is 5.32 Å². The molecule has 0 fully saturated rings. The van der Waals surface area contributed by atoms with Crippen LogP contribution in [0.5, 0.6) is 0 Å². The Labute approximate surface area is 131 Å². The summed E-state index contributed by atoms with van der Waals surface area (Å²) in [6, 6.07) is 14.0. The lowest BCUT2D eigenvalue weighted by atomic mass is 10.2. The molecule has 0 aromatic heterocycles. The zero-order valence-electron chi connectivity index (χ0n) is 12.7. The maximum absolute atomic E-state index is 12.2. The molecule has 1 N–H and O–H groups in total. The van der Waals surface area contributed by atoms with Crippen LogP contribution in [-0.2, 0) is 14.6 Å². The molecule has 5 heteroatoms. The van der Waals surface area contributed by atoms with E-state index in [9.17, 15) is 13.2 Å². The van der Waals surface area contributed by atoms with Crippen molar-refractivity contribution in [3.8, 4) is 0 Å². The zero-order valence-corrected chi connectivity index (χ0v) is 13.5. The minimum Gasteiger partial charge on any atom is -0.326 e. The largest absolute Gasteiger partial charge is 0.326 e. The van der Waals surface area contributed by atoms with E-state index in [-0.39, 0.29) is 23.0 Å². The maximum Gasteiger partial charge on any atom is 0.225 e. The lowest BCUT2D eigenvalue weighted by molar-refractivity contribution is -0.115. The predicted octanol–water partition coefficient (Wildman–Crippen LogP) is 3.11. The van der Waals surface area contributed by atoms with E-state index in [0.717, 1.165) is 11.1 Å². The zero-order chi connectivity index (χ0) is 16.2. The molecule has 0 heterocycles. The van der Waals surface area contributed by atoms with Crippen LogP contribution in [0.3, 0.4) is 0 Å². The lowest BCUT2D eigenvalue weighted by Gasteiger charge is -2.07. The minimum atomic E-state index is -3.43. The van der Waals surface area contributed by atoms with Gasteiger partial charge in [0.2, 0.25) is 5.91 Å². The van der Waals surface area contributed by atoms with E-state index >= 15 is 0 Å². The highest BCUT2D eigenvalue weighted by Crippen LogP contribution is 2.14. The third-order valence-electron chi connectivity index (χ3n) is 3.31. The summed E-state index contributed by atoms with van der Waals surface area (Å²) < 4.78 is 24.3. The first-order valence-electron chi connectivity index (χ1n) is 7.03. The lowest BCUT2D eigenvalue weighted by Crippen LogP contribution is -2.17. The van der Waals surface area contributed by atoms with Gasteiger partial charge in [0.25, 0.3) is 0 Å². The van der Waals surface area contributed by atoms with Crippen molar-refractivity contribution < 1.29 is 13.2 Å². The van der Waals surface area contributed by atoms with Crippen molar-refractivity contribution in [2.75, 3.05) is 11.1 Å². The van der Waals surface area contributed by atoms with Crippen LogP contribution in [0.2, 0.25) is 0 Å². The molecule has 2 aromatic rings. The van der Waals surface area contributed by atoms with E-state index in [1.165, 1.54) is 0 Å². The van der Waals surface area contributed by atoms with Crippen molar-refractivity contribution >= 4 is 21.4 Å². The Morgan fingerprint density at radius 1 is 0.909 bits per heavy atom. The van der Waals surface area contributed by atoms with Gasteiger partial charge in [-0.25, -0.2) is 8.42 Å². The fourth-order valence-corrected chi connectivity index (χ4v) is 3.19. The second-order valence-corrected chi connectivity index (χ2v) is 7.41. The van der Waals surface area contributed by atoms with Crippen molar-refractivity contribution in [1.29, 1.82) is 0 Å². The van der Waals surface area contributed by atoms with E-state index in [1.807, 2.05) is 26.0 Å². The second kappa shape index (κ2) is 6.75. The average Bonchev–Trinajstić information content (AvgIpc) is 2.48. The summed E-state index contributed by atoms with van der Waals surface area (Å²) in [4.78, 5) is 12.1. The summed E-state index contributed by atoms with van der Waals surface area (Å²) in [7, 11) is -3.43. The Bertz CT molecular complexity index is 747. The van der Waals surface area contributed by atoms with Crippen LogP contribution in [0.25, 0.3) is 0 Å². The van der Waals surface area contributed by atoms with Crippen LogP contribution >= 0.6 is 0 Å². The predicted molar refractivity (Wildman–Crippen MR) is 87.7 cm³/mol.